The van der Waals surface area contributed by atoms with Gasteiger partial charge in [0.2, 0.25) is 0 Å². The fourth-order valence-corrected chi connectivity index (χ4v) is 3.82. The zero-order valence-corrected chi connectivity index (χ0v) is 10.3. The van der Waals surface area contributed by atoms with Crippen LogP contribution >= 0.6 is 11.8 Å². The minimum Gasteiger partial charge on any atom is -0.392 e. The second-order valence-corrected chi connectivity index (χ2v) is 6.15. The lowest BCUT2D eigenvalue weighted by Gasteiger charge is -2.31. The van der Waals surface area contributed by atoms with Crippen molar-refractivity contribution in [1.82, 2.24) is 5.32 Å². The molecule has 0 amide bonds. The predicted octanol–water partition coefficient (Wildman–Crippen LogP) is 2.02. The van der Waals surface area contributed by atoms with Crippen LogP contribution in [0.25, 0.3) is 0 Å². The molecule has 88 valence electrons. The van der Waals surface area contributed by atoms with Crippen LogP contribution in [0.4, 0.5) is 0 Å². The molecule has 2 N–H and O–H groups in total. The summed E-state index contributed by atoms with van der Waals surface area (Å²) in [5.74, 6) is 3.53. The molecular formula is C12H23NOS. The van der Waals surface area contributed by atoms with Gasteiger partial charge in [-0.05, 0) is 49.7 Å². The van der Waals surface area contributed by atoms with Crippen LogP contribution in [0.15, 0.2) is 0 Å². The Bertz CT molecular complexity index is 182. The van der Waals surface area contributed by atoms with E-state index < -0.39 is 0 Å². The number of rotatable bonds is 3. The van der Waals surface area contributed by atoms with Crippen molar-refractivity contribution >= 4 is 11.8 Å². The van der Waals surface area contributed by atoms with Crippen molar-refractivity contribution in [1.29, 1.82) is 0 Å². The van der Waals surface area contributed by atoms with E-state index in [1.165, 1.54) is 43.6 Å². The Balaban J connectivity index is 1.67. The summed E-state index contributed by atoms with van der Waals surface area (Å²) in [4.78, 5) is 0. The zero-order valence-electron chi connectivity index (χ0n) is 9.45. The molecule has 0 aromatic carbocycles. The molecule has 2 nitrogen and oxygen atoms in total. The van der Waals surface area contributed by atoms with Gasteiger partial charge in [-0.15, -0.1) is 0 Å². The molecule has 3 heteroatoms. The summed E-state index contributed by atoms with van der Waals surface area (Å²) in [7, 11) is 0. The van der Waals surface area contributed by atoms with Gasteiger partial charge in [0.1, 0.15) is 0 Å². The Morgan fingerprint density at radius 1 is 1.07 bits per heavy atom. The van der Waals surface area contributed by atoms with Gasteiger partial charge >= 0.3 is 0 Å². The smallest absolute Gasteiger partial charge is 0.0693 e. The van der Waals surface area contributed by atoms with Crippen LogP contribution in [0.1, 0.15) is 38.5 Å². The van der Waals surface area contributed by atoms with Crippen LogP contribution in [-0.4, -0.2) is 35.3 Å². The molecule has 1 aliphatic heterocycles. The Labute approximate surface area is 97.2 Å². The Kier molecular flexibility index (Phi) is 4.79. The monoisotopic (exact) mass is 229 g/mol. The first-order chi connectivity index (χ1) is 7.36. The van der Waals surface area contributed by atoms with Gasteiger partial charge in [-0.2, -0.15) is 11.8 Å². The van der Waals surface area contributed by atoms with Gasteiger partial charge in [0.05, 0.1) is 6.10 Å². The molecule has 0 aromatic rings. The summed E-state index contributed by atoms with van der Waals surface area (Å²) in [6.07, 6.45) is 7.30. The minimum atomic E-state index is -0.0864. The fourth-order valence-electron chi connectivity index (χ4n) is 2.62. The van der Waals surface area contributed by atoms with Crippen LogP contribution in [0, 0.1) is 5.92 Å². The number of aliphatic hydroxyl groups excluding tert-OH is 1. The van der Waals surface area contributed by atoms with Gasteiger partial charge in [-0.3, -0.25) is 0 Å². The van der Waals surface area contributed by atoms with Crippen molar-refractivity contribution in [3.8, 4) is 0 Å². The van der Waals surface area contributed by atoms with Crippen LogP contribution < -0.4 is 5.32 Å². The highest BCUT2D eigenvalue weighted by molar-refractivity contribution is 7.99. The number of hydrogen-bond acceptors (Lipinski definition) is 3. The van der Waals surface area contributed by atoms with Gasteiger partial charge in [0.25, 0.3) is 0 Å². The molecule has 1 saturated heterocycles. The first kappa shape index (κ1) is 11.7. The molecular weight excluding hydrogens is 206 g/mol. The van der Waals surface area contributed by atoms with Crippen molar-refractivity contribution in [2.75, 3.05) is 18.1 Å². The second kappa shape index (κ2) is 6.12. The maximum absolute atomic E-state index is 9.83. The molecule has 0 aromatic heterocycles. The third kappa shape index (κ3) is 3.65. The maximum atomic E-state index is 9.83. The average molecular weight is 229 g/mol. The molecule has 1 heterocycles. The normalized spacial score (nSPS) is 34.2. The van der Waals surface area contributed by atoms with Crippen molar-refractivity contribution in [2.45, 2.75) is 50.7 Å². The molecule has 1 aliphatic carbocycles. The quantitative estimate of drug-likeness (QED) is 0.776. The zero-order chi connectivity index (χ0) is 10.5. The molecule has 2 unspecified atom stereocenters. The lowest BCUT2D eigenvalue weighted by molar-refractivity contribution is 0.0886. The maximum Gasteiger partial charge on any atom is 0.0693 e. The number of hydrogen-bond donors (Lipinski definition) is 2. The third-order valence-corrected chi connectivity index (χ3v) is 4.79. The first-order valence-corrected chi connectivity index (χ1v) is 7.51. The van der Waals surface area contributed by atoms with E-state index in [1.54, 1.807) is 0 Å². The molecule has 1 saturated carbocycles. The highest BCUT2D eigenvalue weighted by Crippen LogP contribution is 2.23. The van der Waals surface area contributed by atoms with E-state index in [0.717, 1.165) is 18.9 Å². The summed E-state index contributed by atoms with van der Waals surface area (Å²) in [5.41, 5.74) is 0. The highest BCUT2D eigenvalue weighted by Gasteiger charge is 2.23. The van der Waals surface area contributed by atoms with Crippen molar-refractivity contribution in [2.24, 2.45) is 5.92 Å². The van der Waals surface area contributed by atoms with E-state index in [-0.39, 0.29) is 6.10 Å². The molecule has 2 aliphatic rings. The van der Waals surface area contributed by atoms with Crippen LogP contribution in [0.3, 0.4) is 0 Å². The molecule has 2 atom stereocenters. The van der Waals surface area contributed by atoms with E-state index in [0.29, 0.717) is 6.04 Å². The molecule has 2 fully saturated rings. The first-order valence-electron chi connectivity index (χ1n) is 6.35. The SMILES string of the molecule is OC1CCCCC1NCC1CCSCC1. The van der Waals surface area contributed by atoms with Crippen LogP contribution in [0.2, 0.25) is 0 Å². The summed E-state index contributed by atoms with van der Waals surface area (Å²) in [5, 5.41) is 13.4. The average Bonchev–Trinajstić information content (AvgIpc) is 2.29. The fraction of sp³-hybridized carbons (Fsp3) is 1.00. The molecule has 0 bridgehead atoms. The summed E-state index contributed by atoms with van der Waals surface area (Å²) in [6, 6.07) is 0.383. The van der Waals surface area contributed by atoms with E-state index in [4.69, 9.17) is 0 Å². The number of thioether (sulfide) groups is 1. The Hall–Kier alpha value is 0.270. The molecule has 2 rings (SSSR count). The summed E-state index contributed by atoms with van der Waals surface area (Å²) >= 11 is 2.08. The van der Waals surface area contributed by atoms with Gasteiger partial charge in [-0.1, -0.05) is 12.8 Å². The van der Waals surface area contributed by atoms with Gasteiger partial charge < -0.3 is 10.4 Å². The minimum absolute atomic E-state index is 0.0864. The topological polar surface area (TPSA) is 32.3 Å². The standard InChI is InChI=1S/C12H23NOS/c14-12-4-2-1-3-11(12)13-9-10-5-7-15-8-6-10/h10-14H,1-9H2. The lowest BCUT2D eigenvalue weighted by atomic mass is 9.92. The number of nitrogens with one attached hydrogen (secondary N) is 1. The largest absolute Gasteiger partial charge is 0.392 e. The van der Waals surface area contributed by atoms with Crippen molar-refractivity contribution < 1.29 is 5.11 Å². The summed E-state index contributed by atoms with van der Waals surface area (Å²) < 4.78 is 0. The molecule has 0 spiro atoms. The molecule has 0 radical (unpaired) electrons. The van der Waals surface area contributed by atoms with Crippen molar-refractivity contribution in [3.05, 3.63) is 0 Å². The van der Waals surface area contributed by atoms with E-state index in [9.17, 15) is 5.11 Å². The Morgan fingerprint density at radius 3 is 2.53 bits per heavy atom. The number of aliphatic hydroxyl groups is 1. The van der Waals surface area contributed by atoms with E-state index in [2.05, 4.69) is 17.1 Å². The summed E-state index contributed by atoms with van der Waals surface area (Å²) in [6.45, 7) is 1.13. The van der Waals surface area contributed by atoms with Gasteiger partial charge in [-0.25, -0.2) is 0 Å². The van der Waals surface area contributed by atoms with E-state index in [1.807, 2.05) is 0 Å². The molecule has 15 heavy (non-hydrogen) atoms. The van der Waals surface area contributed by atoms with Gasteiger partial charge in [0.15, 0.2) is 0 Å². The second-order valence-electron chi connectivity index (χ2n) is 4.92. The predicted molar refractivity (Wildman–Crippen MR) is 66.3 cm³/mol. The van der Waals surface area contributed by atoms with Crippen LogP contribution in [0.5, 0.6) is 0 Å². The Morgan fingerprint density at radius 2 is 1.80 bits per heavy atom. The van der Waals surface area contributed by atoms with Crippen LogP contribution in [-0.2, 0) is 0 Å². The lowest BCUT2D eigenvalue weighted by Crippen LogP contribution is -2.44. The van der Waals surface area contributed by atoms with Crippen molar-refractivity contribution in [3.63, 3.8) is 0 Å². The highest BCUT2D eigenvalue weighted by atomic mass is 32.2. The van der Waals surface area contributed by atoms with E-state index >= 15 is 0 Å². The van der Waals surface area contributed by atoms with Gasteiger partial charge in [0, 0.05) is 6.04 Å². The third-order valence-electron chi connectivity index (χ3n) is 3.74.